The average molecular weight is 1130 g/mol. The number of Topliss-reactive ketones (excluding diaryl/α,β-unsaturated/α-hetero) is 2. The second-order valence-corrected chi connectivity index (χ2v) is 20.5. The topological polar surface area (TPSA) is 195 Å². The molecule has 0 bridgehead atoms. The molecule has 0 aliphatic carbocycles. The largest absolute Gasteiger partial charge is 0.433 e. The van der Waals surface area contributed by atoms with Crippen LogP contribution in [0.5, 0.6) is 0 Å². The van der Waals surface area contributed by atoms with E-state index in [9.17, 15) is 70.3 Å². The van der Waals surface area contributed by atoms with Crippen molar-refractivity contribution in [3.05, 3.63) is 144 Å². The monoisotopic (exact) mass is 1120 g/mol. The Morgan fingerprint density at radius 1 is 0.622 bits per heavy atom. The summed E-state index contributed by atoms with van der Waals surface area (Å²) in [4.78, 5) is 47.5. The summed E-state index contributed by atoms with van der Waals surface area (Å²) in [6.07, 6.45) is -7.00. The first-order valence-corrected chi connectivity index (χ1v) is 25.3. The maximum Gasteiger partial charge on any atom is 0.433 e. The van der Waals surface area contributed by atoms with E-state index in [1.807, 2.05) is 0 Å². The third-order valence-electron chi connectivity index (χ3n) is 11.0. The van der Waals surface area contributed by atoms with Crippen LogP contribution in [0.25, 0.3) is 22.5 Å². The van der Waals surface area contributed by atoms with Crippen molar-refractivity contribution in [2.45, 2.75) is 85.1 Å². The van der Waals surface area contributed by atoms with Gasteiger partial charge >= 0.3 is 12.4 Å². The number of aryl methyl sites for hydroxylation is 2. The Kier molecular flexibility index (Phi) is 19.9. The molecular weight excluding hydrogens is 1090 g/mol. The molecule has 2 aromatic carbocycles. The minimum atomic E-state index is -4.58. The molecule has 0 amide bonds. The van der Waals surface area contributed by atoms with Crippen molar-refractivity contribution >= 4 is 53.7 Å². The summed E-state index contributed by atoms with van der Waals surface area (Å²) in [5, 5.41) is 2.84. The number of nitrogens with zero attached hydrogens (tertiary/aromatic N) is 7. The van der Waals surface area contributed by atoms with Gasteiger partial charge in [-0.05, 0) is 117 Å². The Labute approximate surface area is 427 Å². The van der Waals surface area contributed by atoms with Gasteiger partial charge in [0.1, 0.15) is 54.1 Å². The number of nitrogens with one attached hydrogen (secondary N) is 1. The minimum Gasteiger partial charge on any atom is -0.305 e. The Hall–Kier alpha value is -6.06. The van der Waals surface area contributed by atoms with Crippen LogP contribution in [0.2, 0.25) is 0 Å². The molecule has 0 unspecified atom stereocenters. The molecule has 4 atom stereocenters. The van der Waals surface area contributed by atoms with E-state index in [0.717, 1.165) is 77.4 Å². The fourth-order valence-corrected chi connectivity index (χ4v) is 9.72. The van der Waals surface area contributed by atoms with Crippen LogP contribution in [0.4, 0.5) is 43.9 Å². The Bertz CT molecular complexity index is 3100. The number of rotatable bonds is 13. The molecule has 0 saturated carbocycles. The van der Waals surface area contributed by atoms with E-state index in [2.05, 4.69) is 35.2 Å². The predicted molar refractivity (Wildman–Crippen MR) is 249 cm³/mol. The number of hydrogen-bond donors (Lipinski definition) is 1. The van der Waals surface area contributed by atoms with E-state index in [1.165, 1.54) is 30.9 Å². The van der Waals surface area contributed by atoms with Gasteiger partial charge in [-0.1, -0.05) is 0 Å². The Morgan fingerprint density at radius 2 is 1.08 bits per heavy atom. The van der Waals surface area contributed by atoms with Gasteiger partial charge in [0.2, 0.25) is 10.0 Å². The lowest BCUT2D eigenvalue weighted by molar-refractivity contribution is -0.141. The molecule has 8 rings (SSSR count). The number of alkyl halides is 8. The number of halogens is 12. The number of carbonyl (C=O) groups excluding carboxylic acids is 2. The van der Waals surface area contributed by atoms with Gasteiger partial charge in [-0.3, -0.25) is 19.6 Å². The second kappa shape index (κ2) is 25.0. The number of carbonyl (C=O) groups is 2. The fourth-order valence-electron chi connectivity index (χ4n) is 7.30. The summed E-state index contributed by atoms with van der Waals surface area (Å²) >= 11 is 0. The quantitative estimate of drug-likeness (QED) is 0.0851. The van der Waals surface area contributed by atoms with Crippen molar-refractivity contribution in [2.75, 3.05) is 13.1 Å². The molecule has 6 heterocycles. The first-order valence-electron chi connectivity index (χ1n) is 21.5. The second-order valence-electron chi connectivity index (χ2n) is 16.0. The third-order valence-corrected chi connectivity index (χ3v) is 14.3. The molecule has 6 aromatic rings. The van der Waals surface area contributed by atoms with Crippen molar-refractivity contribution in [3.63, 3.8) is 0 Å². The molecule has 2 aliphatic heterocycles. The van der Waals surface area contributed by atoms with E-state index >= 15 is 0 Å². The molecule has 0 spiro atoms. The summed E-state index contributed by atoms with van der Waals surface area (Å²) in [7, 11) is -2.98. The van der Waals surface area contributed by atoms with Gasteiger partial charge in [0.05, 0.1) is 27.2 Å². The smallest absolute Gasteiger partial charge is 0.305 e. The average Bonchev–Trinajstić information content (AvgIpc) is 3.98. The molecule has 1 N–H and O–H groups in total. The van der Waals surface area contributed by atoms with Crippen LogP contribution in [0, 0.1) is 11.6 Å². The van der Waals surface area contributed by atoms with Gasteiger partial charge in [0.25, 0.3) is 9.05 Å². The van der Waals surface area contributed by atoms with Crippen LogP contribution in [-0.2, 0) is 53.9 Å². The lowest BCUT2D eigenvalue weighted by atomic mass is 10.0. The van der Waals surface area contributed by atoms with E-state index in [-0.39, 0.29) is 65.9 Å². The minimum absolute atomic E-state index is 0. The first-order chi connectivity index (χ1) is 34.3. The number of aromatic nitrogens is 6. The lowest BCUT2D eigenvalue weighted by Gasteiger charge is -2.24. The molecular formula is C46H40Cl2F10N8O6S2. The van der Waals surface area contributed by atoms with Gasteiger partial charge in [-0.2, -0.15) is 30.6 Å². The molecule has 4 aromatic heterocycles. The first kappa shape index (κ1) is 58.8. The predicted octanol–water partition coefficient (Wildman–Crippen LogP) is 8.93. The van der Waals surface area contributed by atoms with Crippen LogP contribution in [0.1, 0.15) is 48.5 Å². The number of benzene rings is 2. The third kappa shape index (κ3) is 15.7. The van der Waals surface area contributed by atoms with Crippen LogP contribution < -0.4 is 5.32 Å². The zero-order chi connectivity index (χ0) is 53.3. The van der Waals surface area contributed by atoms with Crippen molar-refractivity contribution in [1.82, 2.24) is 39.5 Å². The van der Waals surface area contributed by atoms with Gasteiger partial charge in [0, 0.05) is 65.0 Å². The standard InChI is InChI=1S/C23H19F5N4O3S.C17H16F4N4O.C6H4ClFO2S.ClH/c24-15-2-5-17(6-3-15)36(34,35)32-10-9-18(25)22(32)20(33)7-4-16-11-19(31-13-30-16)14-1-8-21(29-12-14)23(26,27)28;18-12-5-6-22-16(12)14(26)3-2-11-7-13(25-9-24-11)10-1-4-15(23-8-10)17(19,20)21;7-11(9,10)6-3-1-5(8)2-4-6;/h1-3,5-6,8,11-13,18,22H,4,7,9-10H2;1,4,7-9,12,16,22H,2-3,5-6H2;1-4H;1H/t18-,22+;12-,16+;;/m11../s1. The van der Waals surface area contributed by atoms with Gasteiger partial charge in [0.15, 0.2) is 11.6 Å². The van der Waals surface area contributed by atoms with E-state index in [1.54, 1.807) is 6.07 Å². The fraction of sp³-hybridized carbons (Fsp3) is 0.304. The molecule has 74 heavy (non-hydrogen) atoms. The Morgan fingerprint density at radius 3 is 1.49 bits per heavy atom. The van der Waals surface area contributed by atoms with Crippen molar-refractivity contribution in [3.8, 4) is 22.5 Å². The molecule has 2 saturated heterocycles. The molecule has 396 valence electrons. The van der Waals surface area contributed by atoms with Gasteiger partial charge in [-0.25, -0.2) is 54.3 Å². The molecule has 28 heteroatoms. The SMILES string of the molecule is Cl.O=C(CCc1cc(-c2ccc(C(F)(F)F)nc2)ncn1)[C@@H]1[C@H](F)CCN1S(=O)(=O)c1ccc(F)cc1.O=C(CCc1cc(-c2ccc(C(F)(F)F)nc2)ncn1)[C@H]1NCC[C@H]1F.O=S(=O)(Cl)c1ccc(F)cc1. The highest BCUT2D eigenvalue weighted by Gasteiger charge is 2.45. The maximum absolute atomic E-state index is 14.6. The van der Waals surface area contributed by atoms with Crippen LogP contribution in [0.3, 0.4) is 0 Å². The van der Waals surface area contributed by atoms with Crippen molar-refractivity contribution in [2.24, 2.45) is 0 Å². The van der Waals surface area contributed by atoms with Crippen LogP contribution in [-0.4, -0.2) is 100 Å². The molecule has 2 aliphatic rings. The van der Waals surface area contributed by atoms with E-state index in [4.69, 9.17) is 10.7 Å². The number of ketones is 2. The molecule has 2 fully saturated rings. The summed E-state index contributed by atoms with van der Waals surface area (Å²) < 4.78 is 177. The number of hydrogen-bond acceptors (Lipinski definition) is 13. The number of sulfonamides is 1. The maximum atomic E-state index is 14.6. The number of pyridine rings is 2. The van der Waals surface area contributed by atoms with E-state index in [0.29, 0.717) is 47.6 Å². The van der Waals surface area contributed by atoms with Gasteiger partial charge in [-0.15, -0.1) is 12.4 Å². The summed E-state index contributed by atoms with van der Waals surface area (Å²) in [6, 6.07) is 13.3. The Balaban J connectivity index is 0.000000232. The summed E-state index contributed by atoms with van der Waals surface area (Å²) in [5.74, 6) is -2.00. The zero-order valence-corrected chi connectivity index (χ0v) is 41.0. The zero-order valence-electron chi connectivity index (χ0n) is 37.8. The highest BCUT2D eigenvalue weighted by Crippen LogP contribution is 2.32. The van der Waals surface area contributed by atoms with Gasteiger partial charge < -0.3 is 5.32 Å². The van der Waals surface area contributed by atoms with Crippen molar-refractivity contribution in [1.29, 1.82) is 0 Å². The molecule has 14 nitrogen and oxygen atoms in total. The lowest BCUT2D eigenvalue weighted by Crippen LogP contribution is -2.44. The highest BCUT2D eigenvalue weighted by molar-refractivity contribution is 8.13. The summed E-state index contributed by atoms with van der Waals surface area (Å²) in [6.45, 7) is 0.284. The van der Waals surface area contributed by atoms with E-state index < -0.39 is 84.7 Å². The van der Waals surface area contributed by atoms with Crippen LogP contribution >= 0.6 is 23.1 Å². The van der Waals surface area contributed by atoms with Crippen LogP contribution in [0.15, 0.2) is 120 Å². The molecule has 0 radical (unpaired) electrons. The summed E-state index contributed by atoms with van der Waals surface area (Å²) in [5.41, 5.74) is 0.272. The normalized spacial score (nSPS) is 18.0. The highest BCUT2D eigenvalue weighted by atomic mass is 35.7. The van der Waals surface area contributed by atoms with Crippen molar-refractivity contribution < 1.29 is 70.3 Å².